The molecule has 0 spiro atoms. The first kappa shape index (κ1) is 19.9. The van der Waals surface area contributed by atoms with Gasteiger partial charge in [0.25, 0.3) is 5.91 Å². The lowest BCUT2D eigenvalue weighted by atomic mass is 10.1. The highest BCUT2D eigenvalue weighted by Gasteiger charge is 2.12. The number of para-hydroxylation sites is 1. The molecule has 0 bridgehead atoms. The molecule has 0 aliphatic carbocycles. The van der Waals surface area contributed by atoms with Gasteiger partial charge < -0.3 is 14.8 Å². The van der Waals surface area contributed by atoms with Gasteiger partial charge in [0.2, 0.25) is 0 Å². The topological polar surface area (TPSA) is 47.6 Å². The van der Waals surface area contributed by atoms with Crippen molar-refractivity contribution in [3.05, 3.63) is 94.5 Å². The smallest absolute Gasteiger partial charge is 0.255 e. The summed E-state index contributed by atoms with van der Waals surface area (Å²) in [5.74, 6) is 0.477. The predicted molar refractivity (Wildman–Crippen MR) is 112 cm³/mol. The SMILES string of the molecule is CCOc1ccc(C(=O)Nc2ccccc2Cl)cc1COCc1ccccc1. The van der Waals surface area contributed by atoms with Crippen molar-refractivity contribution in [2.24, 2.45) is 0 Å². The molecule has 0 aliphatic heterocycles. The second-order valence-electron chi connectivity index (χ2n) is 6.17. The van der Waals surface area contributed by atoms with Crippen LogP contribution in [0.5, 0.6) is 5.75 Å². The van der Waals surface area contributed by atoms with Crippen molar-refractivity contribution in [3.8, 4) is 5.75 Å². The number of carbonyl (C=O) groups excluding carboxylic acids is 1. The number of halogens is 1. The Morgan fingerprint density at radius 3 is 2.46 bits per heavy atom. The van der Waals surface area contributed by atoms with Crippen molar-refractivity contribution in [1.29, 1.82) is 0 Å². The molecule has 3 aromatic carbocycles. The van der Waals surface area contributed by atoms with Gasteiger partial charge in [-0.3, -0.25) is 4.79 Å². The second kappa shape index (κ2) is 9.93. The van der Waals surface area contributed by atoms with Gasteiger partial charge in [0.15, 0.2) is 0 Å². The van der Waals surface area contributed by atoms with E-state index in [2.05, 4.69) is 5.32 Å². The molecule has 1 amide bonds. The molecule has 0 saturated heterocycles. The quantitative estimate of drug-likeness (QED) is 0.531. The molecule has 4 nitrogen and oxygen atoms in total. The van der Waals surface area contributed by atoms with E-state index in [0.717, 1.165) is 11.1 Å². The minimum absolute atomic E-state index is 0.236. The zero-order valence-corrected chi connectivity index (χ0v) is 16.4. The Bertz CT molecular complexity index is 928. The maximum Gasteiger partial charge on any atom is 0.255 e. The minimum atomic E-state index is -0.236. The van der Waals surface area contributed by atoms with Gasteiger partial charge in [0.1, 0.15) is 5.75 Å². The van der Waals surface area contributed by atoms with Crippen LogP contribution in [0.1, 0.15) is 28.4 Å². The van der Waals surface area contributed by atoms with E-state index in [1.54, 1.807) is 30.3 Å². The average molecular weight is 396 g/mol. The second-order valence-corrected chi connectivity index (χ2v) is 6.58. The first-order chi connectivity index (χ1) is 13.7. The fourth-order valence-corrected chi connectivity index (χ4v) is 2.92. The standard InChI is InChI=1S/C23H22ClNO3/c1-2-28-22-13-12-18(23(26)25-21-11-7-6-10-20(21)24)14-19(22)16-27-15-17-8-4-3-5-9-17/h3-14H,2,15-16H2,1H3,(H,25,26). The van der Waals surface area contributed by atoms with Crippen molar-refractivity contribution in [3.63, 3.8) is 0 Å². The molecule has 0 saturated carbocycles. The number of ether oxygens (including phenoxy) is 2. The third kappa shape index (κ3) is 5.35. The molecule has 144 valence electrons. The van der Waals surface area contributed by atoms with Gasteiger partial charge in [-0.1, -0.05) is 54.1 Å². The highest BCUT2D eigenvalue weighted by Crippen LogP contribution is 2.24. The van der Waals surface area contributed by atoms with Gasteiger partial charge in [-0.15, -0.1) is 0 Å². The maximum absolute atomic E-state index is 12.6. The predicted octanol–water partition coefficient (Wildman–Crippen LogP) is 5.71. The van der Waals surface area contributed by atoms with E-state index in [4.69, 9.17) is 21.1 Å². The molecule has 0 heterocycles. The largest absolute Gasteiger partial charge is 0.494 e. The number of anilines is 1. The molecule has 3 rings (SSSR count). The van der Waals surface area contributed by atoms with Gasteiger partial charge in [-0.05, 0) is 42.8 Å². The Kier molecular flexibility index (Phi) is 7.06. The molecule has 0 aliphatic rings. The lowest BCUT2D eigenvalue weighted by Gasteiger charge is -2.13. The van der Waals surface area contributed by atoms with E-state index in [9.17, 15) is 4.79 Å². The number of carbonyl (C=O) groups is 1. The number of rotatable bonds is 8. The van der Waals surface area contributed by atoms with Crippen molar-refractivity contribution in [2.75, 3.05) is 11.9 Å². The molecule has 3 aromatic rings. The molecule has 0 aromatic heterocycles. The lowest BCUT2D eigenvalue weighted by Crippen LogP contribution is -2.13. The highest BCUT2D eigenvalue weighted by molar-refractivity contribution is 6.33. The monoisotopic (exact) mass is 395 g/mol. The van der Waals surface area contributed by atoms with Gasteiger partial charge in [0.05, 0.1) is 30.5 Å². The fourth-order valence-electron chi connectivity index (χ4n) is 2.74. The summed E-state index contributed by atoms with van der Waals surface area (Å²) in [6, 6.07) is 22.4. The molecular formula is C23H22ClNO3. The first-order valence-corrected chi connectivity index (χ1v) is 9.48. The molecular weight excluding hydrogens is 374 g/mol. The van der Waals surface area contributed by atoms with E-state index in [1.165, 1.54) is 0 Å². The number of amides is 1. The van der Waals surface area contributed by atoms with Crippen molar-refractivity contribution in [2.45, 2.75) is 20.1 Å². The molecule has 1 N–H and O–H groups in total. The summed E-state index contributed by atoms with van der Waals surface area (Å²) in [6.07, 6.45) is 0. The zero-order chi connectivity index (χ0) is 19.8. The van der Waals surface area contributed by atoms with Crippen LogP contribution in [-0.4, -0.2) is 12.5 Å². The maximum atomic E-state index is 12.6. The Morgan fingerprint density at radius 1 is 0.964 bits per heavy atom. The molecule has 28 heavy (non-hydrogen) atoms. The first-order valence-electron chi connectivity index (χ1n) is 9.10. The number of hydrogen-bond donors (Lipinski definition) is 1. The van der Waals surface area contributed by atoms with Crippen LogP contribution in [0.3, 0.4) is 0 Å². The number of nitrogens with one attached hydrogen (secondary N) is 1. The average Bonchev–Trinajstić information content (AvgIpc) is 2.72. The van der Waals surface area contributed by atoms with Gasteiger partial charge in [-0.25, -0.2) is 0 Å². The van der Waals surface area contributed by atoms with Crippen LogP contribution < -0.4 is 10.1 Å². The van der Waals surface area contributed by atoms with Crippen LogP contribution >= 0.6 is 11.6 Å². The summed E-state index contributed by atoms with van der Waals surface area (Å²) in [7, 11) is 0. The highest BCUT2D eigenvalue weighted by atomic mass is 35.5. The van der Waals surface area contributed by atoms with Crippen LogP contribution in [0.2, 0.25) is 5.02 Å². The lowest BCUT2D eigenvalue weighted by molar-refractivity contribution is 0.101. The molecule has 0 atom stereocenters. The molecule has 0 unspecified atom stereocenters. The third-order valence-electron chi connectivity index (χ3n) is 4.11. The van der Waals surface area contributed by atoms with E-state index in [-0.39, 0.29) is 5.91 Å². The molecule has 5 heteroatoms. The Morgan fingerprint density at radius 2 is 1.71 bits per heavy atom. The third-order valence-corrected chi connectivity index (χ3v) is 4.44. The normalized spacial score (nSPS) is 10.5. The Balaban J connectivity index is 1.72. The van der Waals surface area contributed by atoms with E-state index in [0.29, 0.717) is 41.8 Å². The zero-order valence-electron chi connectivity index (χ0n) is 15.7. The van der Waals surface area contributed by atoms with Gasteiger partial charge >= 0.3 is 0 Å². The summed E-state index contributed by atoms with van der Waals surface area (Å²) in [4.78, 5) is 12.6. The summed E-state index contributed by atoms with van der Waals surface area (Å²) in [5.41, 5.74) is 3.00. The van der Waals surface area contributed by atoms with E-state index >= 15 is 0 Å². The summed E-state index contributed by atoms with van der Waals surface area (Å²) in [5, 5.41) is 3.33. The van der Waals surface area contributed by atoms with E-state index < -0.39 is 0 Å². The summed E-state index contributed by atoms with van der Waals surface area (Å²) in [6.45, 7) is 3.30. The summed E-state index contributed by atoms with van der Waals surface area (Å²) < 4.78 is 11.5. The van der Waals surface area contributed by atoms with Crippen molar-refractivity contribution < 1.29 is 14.3 Å². The van der Waals surface area contributed by atoms with Crippen LogP contribution in [-0.2, 0) is 18.0 Å². The molecule has 0 radical (unpaired) electrons. The van der Waals surface area contributed by atoms with Gasteiger partial charge in [-0.2, -0.15) is 0 Å². The Labute approximate surface area is 170 Å². The van der Waals surface area contributed by atoms with Crippen LogP contribution in [0, 0.1) is 0 Å². The fraction of sp³-hybridized carbons (Fsp3) is 0.174. The van der Waals surface area contributed by atoms with Crippen LogP contribution in [0.4, 0.5) is 5.69 Å². The van der Waals surface area contributed by atoms with Gasteiger partial charge in [0, 0.05) is 11.1 Å². The van der Waals surface area contributed by atoms with Crippen LogP contribution in [0.15, 0.2) is 72.8 Å². The Hall–Kier alpha value is -2.82. The minimum Gasteiger partial charge on any atom is -0.494 e. The van der Waals surface area contributed by atoms with Crippen molar-refractivity contribution in [1.82, 2.24) is 0 Å². The van der Waals surface area contributed by atoms with E-state index in [1.807, 2.05) is 49.4 Å². The summed E-state index contributed by atoms with van der Waals surface area (Å²) >= 11 is 6.13. The molecule has 0 fully saturated rings. The van der Waals surface area contributed by atoms with Crippen LogP contribution in [0.25, 0.3) is 0 Å². The number of hydrogen-bond acceptors (Lipinski definition) is 3. The van der Waals surface area contributed by atoms with Crippen molar-refractivity contribution >= 4 is 23.2 Å². The number of benzene rings is 3.